The van der Waals surface area contributed by atoms with Crippen LogP contribution < -0.4 is 5.73 Å². The largest absolute Gasteiger partial charge is 0.371 e. The summed E-state index contributed by atoms with van der Waals surface area (Å²) in [5, 5.41) is 0. The highest BCUT2D eigenvalue weighted by molar-refractivity contribution is 5.36. The average Bonchev–Trinajstić information content (AvgIpc) is 2.46. The minimum Gasteiger partial charge on any atom is -0.371 e. The summed E-state index contributed by atoms with van der Waals surface area (Å²) in [6.45, 7) is 2.85. The molecule has 1 heterocycles. The molecular formula is C17H19NO. The van der Waals surface area contributed by atoms with Crippen LogP contribution in [0.1, 0.15) is 34.4 Å². The molecule has 2 unspecified atom stereocenters. The minimum absolute atomic E-state index is 0.0361. The normalized spacial score (nSPS) is 19.8. The van der Waals surface area contributed by atoms with E-state index in [0.717, 1.165) is 13.0 Å². The van der Waals surface area contributed by atoms with Gasteiger partial charge in [-0.15, -0.1) is 0 Å². The zero-order chi connectivity index (χ0) is 13.2. The van der Waals surface area contributed by atoms with Crippen LogP contribution in [0.25, 0.3) is 0 Å². The Morgan fingerprint density at radius 2 is 1.84 bits per heavy atom. The third kappa shape index (κ3) is 2.29. The van der Waals surface area contributed by atoms with Crippen LogP contribution in [0.15, 0.2) is 48.5 Å². The van der Waals surface area contributed by atoms with Crippen molar-refractivity contribution in [3.05, 3.63) is 70.8 Å². The van der Waals surface area contributed by atoms with Crippen molar-refractivity contribution in [2.24, 2.45) is 5.73 Å². The lowest BCUT2D eigenvalue weighted by atomic mass is 9.89. The molecule has 19 heavy (non-hydrogen) atoms. The molecule has 2 aromatic carbocycles. The molecule has 2 aromatic rings. The number of fused-ring (bicyclic) bond motifs is 1. The lowest BCUT2D eigenvalue weighted by molar-refractivity contribution is 0.0240. The molecule has 1 aliphatic heterocycles. The second-order valence-corrected chi connectivity index (χ2v) is 5.12. The van der Waals surface area contributed by atoms with Gasteiger partial charge in [-0.25, -0.2) is 0 Å². The van der Waals surface area contributed by atoms with Crippen molar-refractivity contribution in [2.45, 2.75) is 25.5 Å². The van der Waals surface area contributed by atoms with Gasteiger partial charge >= 0.3 is 0 Å². The summed E-state index contributed by atoms with van der Waals surface area (Å²) in [6, 6.07) is 16.6. The van der Waals surface area contributed by atoms with Crippen molar-refractivity contribution in [1.82, 2.24) is 0 Å². The van der Waals surface area contributed by atoms with Crippen LogP contribution in [0.3, 0.4) is 0 Å². The number of aryl methyl sites for hydroxylation is 1. The van der Waals surface area contributed by atoms with E-state index in [1.54, 1.807) is 0 Å². The van der Waals surface area contributed by atoms with Crippen LogP contribution in [0.4, 0.5) is 0 Å². The Kier molecular flexibility index (Phi) is 3.36. The molecule has 0 saturated carbocycles. The van der Waals surface area contributed by atoms with E-state index in [-0.39, 0.29) is 12.1 Å². The molecule has 1 aliphatic rings. The molecule has 0 spiro atoms. The maximum Gasteiger partial charge on any atom is 0.102 e. The van der Waals surface area contributed by atoms with Gasteiger partial charge in [0.1, 0.15) is 6.10 Å². The monoisotopic (exact) mass is 253 g/mol. The van der Waals surface area contributed by atoms with Gasteiger partial charge in [0.15, 0.2) is 0 Å². The van der Waals surface area contributed by atoms with E-state index in [1.807, 2.05) is 12.1 Å². The van der Waals surface area contributed by atoms with Crippen molar-refractivity contribution in [3.8, 4) is 0 Å². The number of nitrogens with two attached hydrogens (primary N) is 1. The van der Waals surface area contributed by atoms with Gasteiger partial charge in [-0.05, 0) is 35.6 Å². The highest BCUT2D eigenvalue weighted by Crippen LogP contribution is 2.36. The Balaban J connectivity index is 1.98. The fraction of sp³-hybridized carbons (Fsp3) is 0.294. The molecule has 0 aliphatic carbocycles. The summed E-state index contributed by atoms with van der Waals surface area (Å²) in [5.41, 5.74) is 11.5. The maximum absolute atomic E-state index is 6.46. The maximum atomic E-state index is 6.46. The SMILES string of the molecule is Cc1ccccc1C(N)C1OCCc2ccccc21. The molecule has 0 aromatic heterocycles. The van der Waals surface area contributed by atoms with E-state index in [1.165, 1.54) is 22.3 Å². The molecule has 2 nitrogen and oxygen atoms in total. The fourth-order valence-corrected chi connectivity index (χ4v) is 2.85. The van der Waals surface area contributed by atoms with Crippen LogP contribution in [0.2, 0.25) is 0 Å². The second-order valence-electron chi connectivity index (χ2n) is 5.12. The molecule has 2 heteroatoms. The Labute approximate surface area is 114 Å². The van der Waals surface area contributed by atoms with E-state index in [2.05, 4.69) is 43.3 Å². The van der Waals surface area contributed by atoms with E-state index < -0.39 is 0 Å². The Hall–Kier alpha value is -1.64. The number of benzene rings is 2. The van der Waals surface area contributed by atoms with Crippen molar-refractivity contribution in [1.29, 1.82) is 0 Å². The predicted molar refractivity (Wildman–Crippen MR) is 76.9 cm³/mol. The highest BCUT2D eigenvalue weighted by Gasteiger charge is 2.27. The first-order valence-corrected chi connectivity index (χ1v) is 6.78. The van der Waals surface area contributed by atoms with Crippen molar-refractivity contribution in [3.63, 3.8) is 0 Å². The van der Waals surface area contributed by atoms with Gasteiger partial charge in [-0.3, -0.25) is 0 Å². The highest BCUT2D eigenvalue weighted by atomic mass is 16.5. The van der Waals surface area contributed by atoms with Crippen LogP contribution in [-0.4, -0.2) is 6.61 Å². The lowest BCUT2D eigenvalue weighted by Crippen LogP contribution is -2.27. The molecule has 0 saturated heterocycles. The lowest BCUT2D eigenvalue weighted by Gasteiger charge is -2.31. The van der Waals surface area contributed by atoms with E-state index in [9.17, 15) is 0 Å². The average molecular weight is 253 g/mol. The molecular weight excluding hydrogens is 234 g/mol. The molecule has 0 fully saturated rings. The number of ether oxygens (including phenoxy) is 1. The predicted octanol–water partition coefficient (Wildman–Crippen LogP) is 3.31. The smallest absolute Gasteiger partial charge is 0.102 e. The third-order valence-corrected chi connectivity index (χ3v) is 3.90. The molecule has 0 bridgehead atoms. The first-order chi connectivity index (χ1) is 9.27. The molecule has 2 atom stereocenters. The van der Waals surface area contributed by atoms with Gasteiger partial charge in [0.05, 0.1) is 12.6 Å². The Morgan fingerprint density at radius 1 is 1.11 bits per heavy atom. The summed E-state index contributed by atoms with van der Waals surface area (Å²) >= 11 is 0. The number of rotatable bonds is 2. The minimum atomic E-state index is -0.109. The quantitative estimate of drug-likeness (QED) is 0.891. The van der Waals surface area contributed by atoms with Crippen molar-refractivity contribution < 1.29 is 4.74 Å². The zero-order valence-corrected chi connectivity index (χ0v) is 11.2. The van der Waals surface area contributed by atoms with Crippen LogP contribution in [-0.2, 0) is 11.2 Å². The zero-order valence-electron chi connectivity index (χ0n) is 11.2. The summed E-state index contributed by atoms with van der Waals surface area (Å²) in [6.07, 6.45) is 0.943. The van der Waals surface area contributed by atoms with Crippen molar-refractivity contribution >= 4 is 0 Å². The van der Waals surface area contributed by atoms with Gasteiger partial charge in [0.25, 0.3) is 0 Å². The van der Waals surface area contributed by atoms with E-state index >= 15 is 0 Å². The van der Waals surface area contributed by atoms with E-state index in [4.69, 9.17) is 10.5 Å². The van der Waals surface area contributed by atoms with Gasteiger partial charge in [0, 0.05) is 0 Å². The number of hydrogen-bond acceptors (Lipinski definition) is 2. The van der Waals surface area contributed by atoms with Crippen LogP contribution in [0.5, 0.6) is 0 Å². The Morgan fingerprint density at radius 3 is 2.68 bits per heavy atom. The first kappa shape index (κ1) is 12.4. The van der Waals surface area contributed by atoms with Gasteiger partial charge in [-0.1, -0.05) is 48.5 Å². The molecule has 2 N–H and O–H groups in total. The molecule has 0 radical (unpaired) electrons. The van der Waals surface area contributed by atoms with Crippen LogP contribution >= 0.6 is 0 Å². The first-order valence-electron chi connectivity index (χ1n) is 6.78. The van der Waals surface area contributed by atoms with Gasteiger partial charge in [0.2, 0.25) is 0 Å². The van der Waals surface area contributed by atoms with E-state index in [0.29, 0.717) is 0 Å². The standard InChI is InChI=1S/C17H19NO/c1-12-6-2-4-8-14(12)16(18)17-15-9-5-3-7-13(15)10-11-19-17/h2-9,16-17H,10-11,18H2,1H3. The number of hydrogen-bond donors (Lipinski definition) is 1. The topological polar surface area (TPSA) is 35.2 Å². The van der Waals surface area contributed by atoms with Crippen LogP contribution in [0, 0.1) is 6.92 Å². The van der Waals surface area contributed by atoms with Gasteiger partial charge < -0.3 is 10.5 Å². The second kappa shape index (κ2) is 5.16. The van der Waals surface area contributed by atoms with Gasteiger partial charge in [-0.2, -0.15) is 0 Å². The molecule has 3 rings (SSSR count). The van der Waals surface area contributed by atoms with Crippen molar-refractivity contribution in [2.75, 3.05) is 6.61 Å². The summed E-state index contributed by atoms with van der Waals surface area (Å²) in [7, 11) is 0. The Bertz CT molecular complexity index is 579. The summed E-state index contributed by atoms with van der Waals surface area (Å²) < 4.78 is 5.95. The molecule has 0 amide bonds. The molecule has 98 valence electrons. The summed E-state index contributed by atoms with van der Waals surface area (Å²) in [4.78, 5) is 0. The third-order valence-electron chi connectivity index (χ3n) is 3.90. The fourth-order valence-electron chi connectivity index (χ4n) is 2.85. The summed E-state index contributed by atoms with van der Waals surface area (Å²) in [5.74, 6) is 0.